The van der Waals surface area contributed by atoms with Gasteiger partial charge in [-0.05, 0) is 37.5 Å². The molecule has 0 radical (unpaired) electrons. The number of nitrogens with one attached hydrogen (secondary N) is 2. The molecule has 27 heavy (non-hydrogen) atoms. The van der Waals surface area contributed by atoms with Crippen LogP contribution in [0.25, 0.3) is 0 Å². The van der Waals surface area contributed by atoms with Gasteiger partial charge in [0.25, 0.3) is 0 Å². The first-order valence-electron chi connectivity index (χ1n) is 8.80. The highest BCUT2D eigenvalue weighted by Gasteiger charge is 2.29. The van der Waals surface area contributed by atoms with Crippen molar-refractivity contribution in [1.82, 2.24) is 5.32 Å². The Labute approximate surface area is 158 Å². The molecule has 2 heterocycles. The third-order valence-corrected chi connectivity index (χ3v) is 6.41. The van der Waals surface area contributed by atoms with Crippen molar-refractivity contribution in [3.63, 3.8) is 0 Å². The Balaban J connectivity index is 1.69. The van der Waals surface area contributed by atoms with Crippen LogP contribution in [0.15, 0.2) is 18.2 Å². The minimum absolute atomic E-state index is 0.0695. The second-order valence-electron chi connectivity index (χ2n) is 6.43. The topological polar surface area (TPSA) is 114 Å². The summed E-state index contributed by atoms with van der Waals surface area (Å²) < 4.78 is 36.1. The lowest BCUT2D eigenvalue weighted by atomic mass is 10.2. The molecule has 3 rings (SSSR count). The van der Waals surface area contributed by atoms with E-state index in [1.165, 1.54) is 17.5 Å². The van der Waals surface area contributed by atoms with Gasteiger partial charge in [-0.1, -0.05) is 0 Å². The fourth-order valence-electron chi connectivity index (χ4n) is 3.15. The Bertz CT molecular complexity index is 820. The lowest BCUT2D eigenvalue weighted by molar-refractivity contribution is -0.136. The van der Waals surface area contributed by atoms with Crippen LogP contribution in [0.3, 0.4) is 0 Å². The maximum atomic E-state index is 12.2. The van der Waals surface area contributed by atoms with Crippen LogP contribution in [0, 0.1) is 0 Å². The molecule has 2 aliphatic rings. The zero-order valence-electron chi connectivity index (χ0n) is 15.1. The van der Waals surface area contributed by atoms with Crippen molar-refractivity contribution < 1.29 is 27.5 Å². The van der Waals surface area contributed by atoms with Gasteiger partial charge in [-0.2, -0.15) is 0 Å². The van der Waals surface area contributed by atoms with Crippen LogP contribution in [-0.2, 0) is 24.3 Å². The number of methoxy groups -OCH3 is 1. The second-order valence-corrected chi connectivity index (χ2v) is 8.44. The van der Waals surface area contributed by atoms with E-state index in [0.717, 1.165) is 12.8 Å². The number of anilines is 2. The van der Waals surface area contributed by atoms with Gasteiger partial charge in [0.2, 0.25) is 10.0 Å². The Morgan fingerprint density at radius 2 is 2.11 bits per heavy atom. The first kappa shape index (κ1) is 19.4. The molecule has 2 N–H and O–H groups in total. The maximum absolute atomic E-state index is 12.2. The number of benzene rings is 1. The van der Waals surface area contributed by atoms with Gasteiger partial charge in [0.05, 0.1) is 30.3 Å². The van der Waals surface area contributed by atoms with E-state index in [2.05, 4.69) is 10.6 Å². The molecule has 2 fully saturated rings. The van der Waals surface area contributed by atoms with E-state index >= 15 is 0 Å². The van der Waals surface area contributed by atoms with Gasteiger partial charge in [-0.15, -0.1) is 0 Å². The van der Waals surface area contributed by atoms with E-state index < -0.39 is 21.8 Å². The van der Waals surface area contributed by atoms with Gasteiger partial charge in [0, 0.05) is 19.7 Å². The number of amides is 2. The first-order chi connectivity index (χ1) is 12.9. The average Bonchev–Trinajstić information content (AvgIpc) is 3.28. The molecule has 1 aromatic carbocycles. The van der Waals surface area contributed by atoms with Gasteiger partial charge < -0.3 is 20.1 Å². The van der Waals surface area contributed by atoms with Crippen LogP contribution >= 0.6 is 0 Å². The Kier molecular flexibility index (Phi) is 5.85. The molecule has 148 valence electrons. The fraction of sp³-hybridized carbons (Fsp3) is 0.529. The lowest BCUT2D eigenvalue weighted by Gasteiger charge is -2.19. The fourth-order valence-corrected chi connectivity index (χ4v) is 4.71. The molecule has 2 saturated heterocycles. The zero-order valence-corrected chi connectivity index (χ0v) is 15.9. The van der Waals surface area contributed by atoms with Crippen molar-refractivity contribution in [2.24, 2.45) is 0 Å². The van der Waals surface area contributed by atoms with Gasteiger partial charge >= 0.3 is 11.8 Å². The van der Waals surface area contributed by atoms with Crippen molar-refractivity contribution in [1.29, 1.82) is 0 Å². The average molecular weight is 397 g/mol. The number of sulfonamides is 1. The molecular formula is C17H23N3O6S. The summed E-state index contributed by atoms with van der Waals surface area (Å²) in [5.41, 5.74) is 0.651. The minimum atomic E-state index is -3.35. The predicted molar refractivity (Wildman–Crippen MR) is 99.4 cm³/mol. The van der Waals surface area contributed by atoms with Gasteiger partial charge in [0.1, 0.15) is 5.75 Å². The third-order valence-electron chi connectivity index (χ3n) is 4.54. The highest BCUT2D eigenvalue weighted by atomic mass is 32.2. The molecule has 0 spiro atoms. The third kappa shape index (κ3) is 4.51. The van der Waals surface area contributed by atoms with E-state index in [9.17, 15) is 18.0 Å². The van der Waals surface area contributed by atoms with Crippen LogP contribution in [0.2, 0.25) is 0 Å². The monoisotopic (exact) mass is 397 g/mol. The molecule has 0 aromatic heterocycles. The number of rotatable bonds is 5. The SMILES string of the molecule is COc1ccc(N2CCCS2(=O)=O)cc1NC(=O)C(=O)NCC1CCCO1. The lowest BCUT2D eigenvalue weighted by Crippen LogP contribution is -2.39. The molecule has 0 bridgehead atoms. The Hall–Kier alpha value is -2.33. The van der Waals surface area contributed by atoms with Gasteiger partial charge in [-0.3, -0.25) is 13.9 Å². The standard InChI is InChI=1S/C17H23N3O6S/c1-25-15-6-5-12(20-7-3-9-27(20,23)24)10-14(15)19-17(22)16(21)18-11-13-4-2-8-26-13/h5-6,10,13H,2-4,7-9,11H2,1H3,(H,18,21)(H,19,22). The molecular weight excluding hydrogens is 374 g/mol. The molecule has 0 saturated carbocycles. The minimum Gasteiger partial charge on any atom is -0.495 e. The summed E-state index contributed by atoms with van der Waals surface area (Å²) in [5, 5.41) is 5.03. The van der Waals surface area contributed by atoms with E-state index in [1.807, 2.05) is 0 Å². The number of carbonyl (C=O) groups is 2. The highest BCUT2D eigenvalue weighted by molar-refractivity contribution is 7.93. The number of nitrogens with zero attached hydrogens (tertiary/aromatic N) is 1. The quantitative estimate of drug-likeness (QED) is 0.698. The van der Waals surface area contributed by atoms with Crippen LogP contribution in [0.5, 0.6) is 5.75 Å². The molecule has 1 atom stereocenters. The van der Waals surface area contributed by atoms with E-state index in [0.29, 0.717) is 31.0 Å². The second kappa shape index (κ2) is 8.13. The van der Waals surface area contributed by atoms with Crippen LogP contribution in [-0.4, -0.2) is 58.9 Å². The molecule has 1 aromatic rings. The molecule has 9 nitrogen and oxygen atoms in total. The predicted octanol–water partition coefficient (Wildman–Crippen LogP) is 0.469. The van der Waals surface area contributed by atoms with Crippen LogP contribution < -0.4 is 19.7 Å². The normalized spacial score (nSPS) is 21.1. The number of hydrogen-bond donors (Lipinski definition) is 2. The molecule has 2 aliphatic heterocycles. The van der Waals surface area contributed by atoms with Crippen molar-refractivity contribution in [2.45, 2.75) is 25.4 Å². The summed E-state index contributed by atoms with van der Waals surface area (Å²) in [6, 6.07) is 4.66. The Morgan fingerprint density at radius 3 is 2.74 bits per heavy atom. The molecule has 0 aliphatic carbocycles. The van der Waals surface area contributed by atoms with E-state index in [1.54, 1.807) is 12.1 Å². The maximum Gasteiger partial charge on any atom is 0.313 e. The largest absolute Gasteiger partial charge is 0.495 e. The summed E-state index contributed by atoms with van der Waals surface area (Å²) in [6.45, 7) is 1.31. The highest BCUT2D eigenvalue weighted by Crippen LogP contribution is 2.32. The summed E-state index contributed by atoms with van der Waals surface area (Å²) >= 11 is 0. The molecule has 10 heteroatoms. The van der Waals surface area contributed by atoms with E-state index in [-0.39, 0.29) is 24.1 Å². The van der Waals surface area contributed by atoms with Gasteiger partial charge in [-0.25, -0.2) is 8.42 Å². The van der Waals surface area contributed by atoms with E-state index in [4.69, 9.17) is 9.47 Å². The summed E-state index contributed by atoms with van der Waals surface area (Å²) in [6.07, 6.45) is 2.26. The zero-order chi connectivity index (χ0) is 19.4. The van der Waals surface area contributed by atoms with Crippen molar-refractivity contribution in [2.75, 3.05) is 42.2 Å². The number of carbonyl (C=O) groups excluding carboxylic acids is 2. The van der Waals surface area contributed by atoms with Gasteiger partial charge in [0.15, 0.2) is 0 Å². The molecule has 2 amide bonds. The summed E-state index contributed by atoms with van der Waals surface area (Å²) in [7, 11) is -1.93. The van der Waals surface area contributed by atoms with Crippen molar-refractivity contribution >= 4 is 33.2 Å². The van der Waals surface area contributed by atoms with Crippen molar-refractivity contribution in [3.8, 4) is 5.75 Å². The Morgan fingerprint density at radius 1 is 1.30 bits per heavy atom. The smallest absolute Gasteiger partial charge is 0.313 e. The number of ether oxygens (including phenoxy) is 2. The van der Waals surface area contributed by atoms with Crippen molar-refractivity contribution in [3.05, 3.63) is 18.2 Å². The van der Waals surface area contributed by atoms with Crippen LogP contribution in [0.4, 0.5) is 11.4 Å². The summed E-state index contributed by atoms with van der Waals surface area (Å²) in [4.78, 5) is 24.2. The summed E-state index contributed by atoms with van der Waals surface area (Å²) in [5.74, 6) is -1.22. The van der Waals surface area contributed by atoms with Crippen LogP contribution in [0.1, 0.15) is 19.3 Å². The molecule has 1 unspecified atom stereocenters. The first-order valence-corrected chi connectivity index (χ1v) is 10.4. The number of hydrogen-bond acceptors (Lipinski definition) is 6.